The largest absolute Gasteiger partial charge is 0.435 e. The summed E-state index contributed by atoms with van der Waals surface area (Å²) >= 11 is 0. The quantitative estimate of drug-likeness (QED) is 0.854. The van der Waals surface area contributed by atoms with Crippen LogP contribution in [-0.4, -0.2) is 31.7 Å². The Hall–Kier alpha value is -2.45. The van der Waals surface area contributed by atoms with Gasteiger partial charge in [-0.3, -0.25) is 4.79 Å². The Kier molecular flexibility index (Phi) is 3.35. The minimum absolute atomic E-state index is 0.00624. The molecule has 4 aliphatic rings. The van der Waals surface area contributed by atoms with Crippen molar-refractivity contribution in [3.8, 4) is 5.95 Å². The van der Waals surface area contributed by atoms with Gasteiger partial charge in [-0.05, 0) is 67.3 Å². The highest BCUT2D eigenvalue weighted by atomic mass is 19.4. The molecule has 6 atom stereocenters. The molecule has 0 saturated heterocycles. The van der Waals surface area contributed by atoms with Crippen molar-refractivity contribution in [1.82, 2.24) is 25.1 Å². The van der Waals surface area contributed by atoms with Gasteiger partial charge in [0, 0.05) is 24.6 Å². The fourth-order valence-electron chi connectivity index (χ4n) is 7.05. The van der Waals surface area contributed by atoms with E-state index >= 15 is 0 Å². The molecule has 6 unspecified atom stereocenters. The summed E-state index contributed by atoms with van der Waals surface area (Å²) in [7, 11) is 0. The zero-order valence-electron chi connectivity index (χ0n) is 15.6. The normalized spacial score (nSPS) is 36.7. The zero-order valence-corrected chi connectivity index (χ0v) is 15.6. The van der Waals surface area contributed by atoms with E-state index in [1.54, 1.807) is 6.07 Å². The first-order valence-electron chi connectivity index (χ1n) is 10.1. The van der Waals surface area contributed by atoms with E-state index < -0.39 is 23.3 Å². The summed E-state index contributed by atoms with van der Waals surface area (Å²) in [5, 5.41) is 6.62. The highest BCUT2D eigenvalue weighted by molar-refractivity contribution is 5.95. The highest BCUT2D eigenvalue weighted by Crippen LogP contribution is 2.75. The number of carbonyl (C=O) groups is 1. The Labute approximate surface area is 164 Å². The van der Waals surface area contributed by atoms with Crippen molar-refractivity contribution < 1.29 is 18.0 Å². The van der Waals surface area contributed by atoms with Crippen LogP contribution >= 0.6 is 0 Å². The van der Waals surface area contributed by atoms with Crippen LogP contribution in [0.25, 0.3) is 5.95 Å². The van der Waals surface area contributed by atoms with Crippen molar-refractivity contribution >= 4 is 5.91 Å². The van der Waals surface area contributed by atoms with E-state index in [9.17, 15) is 18.0 Å². The third-order valence-electron chi connectivity index (χ3n) is 7.89. The number of hydrogen-bond donors (Lipinski definition) is 1. The molecule has 3 bridgehead atoms. The molecule has 6 rings (SSSR count). The Morgan fingerprint density at radius 2 is 1.90 bits per heavy atom. The molecule has 4 fully saturated rings. The maximum Gasteiger partial charge on any atom is 0.435 e. The molecule has 4 saturated carbocycles. The van der Waals surface area contributed by atoms with Crippen LogP contribution in [-0.2, 0) is 6.18 Å². The van der Waals surface area contributed by atoms with E-state index in [1.807, 2.05) is 0 Å². The number of halogens is 3. The lowest BCUT2D eigenvalue weighted by Crippen LogP contribution is -2.57. The van der Waals surface area contributed by atoms with E-state index in [4.69, 9.17) is 0 Å². The van der Waals surface area contributed by atoms with Gasteiger partial charge in [0.05, 0.1) is 5.56 Å². The van der Waals surface area contributed by atoms with Crippen LogP contribution in [0.4, 0.5) is 13.2 Å². The van der Waals surface area contributed by atoms with Crippen LogP contribution in [0.5, 0.6) is 0 Å². The first-order valence-corrected chi connectivity index (χ1v) is 10.1. The lowest BCUT2D eigenvalue weighted by atomic mass is 9.54. The molecule has 1 amide bonds. The number of nitrogens with zero attached hydrogens (tertiary/aromatic N) is 4. The second-order valence-corrected chi connectivity index (χ2v) is 9.11. The molecule has 152 valence electrons. The van der Waals surface area contributed by atoms with Crippen molar-refractivity contribution in [2.75, 3.05) is 0 Å². The first-order chi connectivity index (χ1) is 13.9. The first kappa shape index (κ1) is 17.4. The van der Waals surface area contributed by atoms with E-state index in [2.05, 4.69) is 20.4 Å². The summed E-state index contributed by atoms with van der Waals surface area (Å²) in [5.74, 6) is 1.66. The highest BCUT2D eigenvalue weighted by Gasteiger charge is 2.71. The van der Waals surface area contributed by atoms with Crippen LogP contribution in [0.1, 0.15) is 48.2 Å². The topological polar surface area (TPSA) is 72.7 Å². The van der Waals surface area contributed by atoms with Crippen molar-refractivity contribution in [3.05, 3.63) is 35.9 Å². The standard InChI is InChI=1S/C20H20F3N5O/c21-20(22,23)16-14(9-28(27-16)18-24-2-1-3-25-18)17(29)26-15-11-4-10-5-12-7-13(6-11)19(12,15)8-10/h1-3,9-13,15H,4-8H2,(H,26,29). The fourth-order valence-corrected chi connectivity index (χ4v) is 7.05. The molecule has 1 N–H and O–H groups in total. The zero-order chi connectivity index (χ0) is 20.0. The SMILES string of the molecule is O=C(NC1C2CC3CC4CC(C2)C41C3)c1cn(-c2ncccn2)nc1C(F)(F)F. The molecule has 2 heterocycles. The molecule has 9 heteroatoms. The summed E-state index contributed by atoms with van der Waals surface area (Å²) in [5.41, 5.74) is -1.53. The van der Waals surface area contributed by atoms with Crippen molar-refractivity contribution in [2.45, 2.75) is 44.3 Å². The maximum atomic E-state index is 13.6. The Bertz CT molecular complexity index is 982. The smallest absolute Gasteiger partial charge is 0.348 e. The molecule has 0 radical (unpaired) electrons. The molecular formula is C20H20F3N5O. The summed E-state index contributed by atoms with van der Waals surface area (Å²) in [4.78, 5) is 20.9. The van der Waals surface area contributed by atoms with E-state index in [1.165, 1.54) is 25.2 Å². The Balaban J connectivity index is 1.34. The number of amides is 1. The lowest BCUT2D eigenvalue weighted by molar-refractivity contribution is -0.141. The van der Waals surface area contributed by atoms with Crippen molar-refractivity contribution in [3.63, 3.8) is 0 Å². The van der Waals surface area contributed by atoms with Crippen LogP contribution in [0, 0.1) is 29.1 Å². The predicted octanol–water partition coefficient (Wildman–Crippen LogP) is 3.24. The molecule has 2 aromatic rings. The summed E-state index contributed by atoms with van der Waals surface area (Å²) < 4.78 is 41.7. The monoisotopic (exact) mass is 403 g/mol. The number of aromatic nitrogens is 4. The number of hydrogen-bond acceptors (Lipinski definition) is 4. The lowest BCUT2D eigenvalue weighted by Gasteiger charge is -2.53. The van der Waals surface area contributed by atoms with Crippen LogP contribution in [0.3, 0.4) is 0 Å². The number of alkyl halides is 3. The second kappa shape index (κ2) is 5.58. The summed E-state index contributed by atoms with van der Waals surface area (Å²) in [6.45, 7) is 0. The average molecular weight is 403 g/mol. The maximum absolute atomic E-state index is 13.6. The van der Waals surface area contributed by atoms with Gasteiger partial charge in [-0.15, -0.1) is 0 Å². The van der Waals surface area contributed by atoms with Gasteiger partial charge in [-0.2, -0.15) is 18.3 Å². The average Bonchev–Trinajstić information content (AvgIpc) is 3.25. The molecule has 0 aliphatic heterocycles. The van der Waals surface area contributed by atoms with Crippen LogP contribution < -0.4 is 5.32 Å². The van der Waals surface area contributed by atoms with Gasteiger partial charge in [0.2, 0.25) is 5.95 Å². The van der Waals surface area contributed by atoms with E-state index in [0.29, 0.717) is 17.8 Å². The number of carbonyl (C=O) groups excluding carboxylic acids is 1. The number of nitrogens with one attached hydrogen (secondary N) is 1. The van der Waals surface area contributed by atoms with Gasteiger partial charge in [-0.1, -0.05) is 0 Å². The molecule has 6 nitrogen and oxygen atoms in total. The molecule has 0 aromatic carbocycles. The van der Waals surface area contributed by atoms with E-state index in [-0.39, 0.29) is 17.4 Å². The summed E-state index contributed by atoms with van der Waals surface area (Å²) in [6.07, 6.45) is 4.92. The van der Waals surface area contributed by atoms with E-state index in [0.717, 1.165) is 36.1 Å². The van der Waals surface area contributed by atoms with Crippen LogP contribution in [0.15, 0.2) is 24.7 Å². The molecule has 4 aliphatic carbocycles. The molecular weight excluding hydrogens is 383 g/mol. The fraction of sp³-hybridized carbons (Fsp3) is 0.600. The summed E-state index contributed by atoms with van der Waals surface area (Å²) in [6, 6.07) is 1.54. The van der Waals surface area contributed by atoms with Gasteiger partial charge in [0.25, 0.3) is 5.91 Å². The van der Waals surface area contributed by atoms with Gasteiger partial charge < -0.3 is 5.32 Å². The Morgan fingerprint density at radius 3 is 2.66 bits per heavy atom. The number of fused-ring (bicyclic) bond motifs is 2. The Morgan fingerprint density at radius 1 is 1.14 bits per heavy atom. The minimum Gasteiger partial charge on any atom is -0.348 e. The van der Waals surface area contributed by atoms with Gasteiger partial charge >= 0.3 is 6.18 Å². The third kappa shape index (κ3) is 2.30. The van der Waals surface area contributed by atoms with Gasteiger partial charge in [-0.25, -0.2) is 14.6 Å². The molecule has 29 heavy (non-hydrogen) atoms. The minimum atomic E-state index is -4.74. The second-order valence-electron chi connectivity index (χ2n) is 9.11. The van der Waals surface area contributed by atoms with Crippen LogP contribution in [0.2, 0.25) is 0 Å². The third-order valence-corrected chi connectivity index (χ3v) is 7.89. The van der Waals surface area contributed by atoms with Gasteiger partial charge in [0.15, 0.2) is 5.69 Å². The predicted molar refractivity (Wildman–Crippen MR) is 94.9 cm³/mol. The number of rotatable bonds is 3. The van der Waals surface area contributed by atoms with Crippen molar-refractivity contribution in [1.29, 1.82) is 0 Å². The molecule has 1 spiro atoms. The molecule has 2 aromatic heterocycles. The van der Waals surface area contributed by atoms with Gasteiger partial charge in [0.1, 0.15) is 0 Å². The van der Waals surface area contributed by atoms with Crippen molar-refractivity contribution in [2.24, 2.45) is 29.1 Å².